The third-order valence-electron chi connectivity index (χ3n) is 0. The Kier molecular flexibility index (Phi) is 244. The average Bonchev–Trinajstić information content (AvgIpc) is 0. The van der Waals surface area contributed by atoms with Crippen LogP contribution >= 0.6 is 0 Å². The molecule has 5 radical (unpaired) electrons. The van der Waals surface area contributed by atoms with Crippen molar-refractivity contribution < 1.29 is 95.1 Å². The van der Waals surface area contributed by atoms with E-state index in [1.807, 2.05) is 0 Å². The predicted octanol–water partition coefficient (Wildman–Crippen LogP) is -0.0125. The molecule has 0 spiro atoms. The van der Waals surface area contributed by atoms with Gasteiger partial charge in [0, 0.05) is 95.1 Å². The van der Waals surface area contributed by atoms with Crippen LogP contribution in [-0.4, -0.2) is 0 Å². The Balaban J connectivity index is 0. The maximum atomic E-state index is 0. The fraction of sp³-hybridized carbons (Fsp3) is 0. The van der Waals surface area contributed by atoms with Crippen LogP contribution in [0.15, 0.2) is 0 Å². The van der Waals surface area contributed by atoms with Gasteiger partial charge in [-0.1, -0.05) is 0 Å². The van der Waals surface area contributed by atoms with E-state index in [2.05, 4.69) is 0 Å². The summed E-state index contributed by atoms with van der Waals surface area (Å²) >= 11 is 0. The van der Waals surface area contributed by atoms with E-state index in [1.165, 1.54) is 0 Å². The molecular formula is Co3Nb2. The third-order valence-corrected chi connectivity index (χ3v) is 0. The molecule has 0 fully saturated rings. The zero-order valence-corrected chi connectivity index (χ0v) is 9.41. The van der Waals surface area contributed by atoms with Crippen LogP contribution in [0.1, 0.15) is 0 Å². The fourth-order valence-corrected chi connectivity index (χ4v) is 0. The predicted molar refractivity (Wildman–Crippen MR) is 0 cm³/mol. The van der Waals surface area contributed by atoms with Gasteiger partial charge in [-0.2, -0.15) is 0 Å². The zero-order valence-electron chi connectivity index (χ0n) is 1.89. The Bertz CT molecular complexity index is 4.85. The molecule has 0 aliphatic heterocycles. The summed E-state index contributed by atoms with van der Waals surface area (Å²) < 4.78 is 0. The van der Waals surface area contributed by atoms with Gasteiger partial charge in [0.25, 0.3) is 0 Å². The second-order valence-electron chi connectivity index (χ2n) is 0. The van der Waals surface area contributed by atoms with Crippen molar-refractivity contribution in [2.45, 2.75) is 0 Å². The van der Waals surface area contributed by atoms with Gasteiger partial charge in [-0.15, -0.1) is 0 Å². The molecule has 0 saturated heterocycles. The van der Waals surface area contributed by atoms with E-state index in [4.69, 9.17) is 0 Å². The topological polar surface area (TPSA) is 0 Å². The first-order valence-electron chi connectivity index (χ1n) is 0. The fourth-order valence-electron chi connectivity index (χ4n) is 0. The maximum Gasteiger partial charge on any atom is 0 e. The van der Waals surface area contributed by atoms with Crippen LogP contribution < -0.4 is 0 Å². The van der Waals surface area contributed by atoms with Crippen molar-refractivity contribution in [2.24, 2.45) is 0 Å². The van der Waals surface area contributed by atoms with Gasteiger partial charge in [-0.25, -0.2) is 0 Å². The smallest absolute Gasteiger partial charge is 0 e. The standard InChI is InChI=1S/3Co.2Nb. The van der Waals surface area contributed by atoms with E-state index in [0.29, 0.717) is 0 Å². The molecule has 0 heterocycles. The summed E-state index contributed by atoms with van der Waals surface area (Å²) in [5.41, 5.74) is 0. The van der Waals surface area contributed by atoms with Gasteiger partial charge >= 0.3 is 0 Å². The molecule has 5 heteroatoms. The van der Waals surface area contributed by atoms with E-state index >= 15 is 0 Å². The quantitative estimate of drug-likeness (QED) is 0.532. The molecule has 0 amide bonds. The Hall–Kier alpha value is 3.00. The summed E-state index contributed by atoms with van der Waals surface area (Å²) in [5.74, 6) is 0. The minimum absolute atomic E-state index is 0. The van der Waals surface area contributed by atoms with E-state index < -0.39 is 0 Å². The summed E-state index contributed by atoms with van der Waals surface area (Å²) in [4.78, 5) is 0. The van der Waals surface area contributed by atoms with Crippen molar-refractivity contribution in [1.29, 1.82) is 0 Å². The van der Waals surface area contributed by atoms with Crippen molar-refractivity contribution in [3.63, 3.8) is 0 Å². The summed E-state index contributed by atoms with van der Waals surface area (Å²) in [6.07, 6.45) is 0. The molecule has 0 unspecified atom stereocenters. The summed E-state index contributed by atoms with van der Waals surface area (Å²) in [5, 5.41) is 0. The first kappa shape index (κ1) is 43.6. The molecule has 0 aromatic carbocycles. The van der Waals surface area contributed by atoms with E-state index in [9.17, 15) is 0 Å². The largest absolute Gasteiger partial charge is 0 e. The van der Waals surface area contributed by atoms with Crippen molar-refractivity contribution >= 4 is 0 Å². The molecule has 0 N–H and O–H groups in total. The number of hydrogen-bond acceptors (Lipinski definition) is 0. The Morgan fingerprint density at radius 1 is 0.400 bits per heavy atom. The average molecular weight is 363 g/mol. The van der Waals surface area contributed by atoms with Crippen molar-refractivity contribution in [3.05, 3.63) is 0 Å². The monoisotopic (exact) mass is 363 g/mol. The van der Waals surface area contributed by atoms with Crippen LogP contribution in [0.3, 0.4) is 0 Å². The molecule has 0 aliphatic carbocycles. The molecule has 5 heavy (non-hydrogen) atoms. The maximum absolute atomic E-state index is 0. The molecule has 0 aliphatic rings. The van der Waals surface area contributed by atoms with Crippen molar-refractivity contribution in [2.75, 3.05) is 0 Å². The van der Waals surface area contributed by atoms with Gasteiger partial charge in [-0.05, 0) is 0 Å². The molecule has 0 nitrogen and oxygen atoms in total. The normalized spacial score (nSPS) is 0. The SMILES string of the molecule is [Co].[Co].[Co].[Nb].[Nb]. The molecule has 0 bridgehead atoms. The zero-order chi connectivity index (χ0) is 0. The summed E-state index contributed by atoms with van der Waals surface area (Å²) in [6.45, 7) is 0. The van der Waals surface area contributed by atoms with Gasteiger partial charge < -0.3 is 0 Å². The van der Waals surface area contributed by atoms with Crippen LogP contribution in [0, 0.1) is 0 Å². The molecule has 0 saturated carbocycles. The Labute approximate surface area is 93.6 Å². The first-order chi connectivity index (χ1) is 0. The van der Waals surface area contributed by atoms with Crippen LogP contribution in [0.4, 0.5) is 0 Å². The first-order valence-corrected chi connectivity index (χ1v) is 0. The molecule has 0 aromatic heterocycles. The summed E-state index contributed by atoms with van der Waals surface area (Å²) in [7, 11) is 0. The van der Waals surface area contributed by atoms with Gasteiger partial charge in [-0.3, -0.25) is 0 Å². The van der Waals surface area contributed by atoms with Crippen LogP contribution in [0.5, 0.6) is 0 Å². The molecule has 37 valence electrons. The molecule has 0 atom stereocenters. The van der Waals surface area contributed by atoms with E-state index in [0.717, 1.165) is 0 Å². The summed E-state index contributed by atoms with van der Waals surface area (Å²) in [6, 6.07) is 0. The van der Waals surface area contributed by atoms with E-state index in [1.54, 1.807) is 0 Å². The molecule has 0 rings (SSSR count). The van der Waals surface area contributed by atoms with Crippen molar-refractivity contribution in [3.8, 4) is 0 Å². The number of rotatable bonds is 0. The second-order valence-corrected chi connectivity index (χ2v) is 0. The van der Waals surface area contributed by atoms with Crippen LogP contribution in [-0.2, 0) is 95.1 Å². The van der Waals surface area contributed by atoms with Gasteiger partial charge in [0.2, 0.25) is 0 Å². The minimum Gasteiger partial charge on any atom is 0 e. The second kappa shape index (κ2) is 28.0. The van der Waals surface area contributed by atoms with Crippen LogP contribution in [0.2, 0.25) is 0 Å². The molecule has 0 aromatic rings. The van der Waals surface area contributed by atoms with Gasteiger partial charge in [0.1, 0.15) is 0 Å². The van der Waals surface area contributed by atoms with Gasteiger partial charge in [0.15, 0.2) is 0 Å². The van der Waals surface area contributed by atoms with Crippen molar-refractivity contribution in [1.82, 2.24) is 0 Å². The third kappa shape index (κ3) is 19.4. The van der Waals surface area contributed by atoms with Gasteiger partial charge in [0.05, 0.1) is 0 Å². The minimum atomic E-state index is 0. The van der Waals surface area contributed by atoms with E-state index in [-0.39, 0.29) is 95.1 Å². The number of hydrogen-bond donors (Lipinski definition) is 0. The molecular weight excluding hydrogens is 363 g/mol. The Morgan fingerprint density at radius 2 is 0.400 bits per heavy atom. The Morgan fingerprint density at radius 3 is 0.400 bits per heavy atom. The van der Waals surface area contributed by atoms with Crippen LogP contribution in [0.25, 0.3) is 0 Å².